The molecule has 2 unspecified atom stereocenters. The Kier molecular flexibility index (Phi) is 9.73. The van der Waals surface area contributed by atoms with Gasteiger partial charge in [0.05, 0.1) is 22.1 Å². The van der Waals surface area contributed by atoms with Crippen LogP contribution < -0.4 is 4.90 Å². The molecule has 0 amide bonds. The van der Waals surface area contributed by atoms with Crippen LogP contribution in [-0.2, 0) is 10.8 Å². The average molecular weight is 1050 g/mol. The average Bonchev–Trinajstić information content (AvgIpc) is 4.15. The van der Waals surface area contributed by atoms with Crippen LogP contribution >= 0.6 is 34.9 Å². The SMILES string of the molecule is CC1CCCC2=C1C1(C3=C(C=C[C@@](C)(N(c4ccc5c(c4)C4(c6ccccc6S5)c5ccccc5-c5ccccc54)c4cccc5sc6cc(-c7cccc8ccccc78)ccc6c45)C3)Sc3ccccc31)c1ccccc12. The van der Waals surface area contributed by atoms with Crippen molar-refractivity contribution in [2.75, 3.05) is 4.90 Å². The van der Waals surface area contributed by atoms with Crippen LogP contribution in [0, 0.1) is 5.92 Å². The summed E-state index contributed by atoms with van der Waals surface area (Å²) in [7, 11) is 0. The number of rotatable bonds is 4. The summed E-state index contributed by atoms with van der Waals surface area (Å²) < 4.78 is 2.61. The zero-order chi connectivity index (χ0) is 51.5. The predicted molar refractivity (Wildman–Crippen MR) is 331 cm³/mol. The molecule has 3 atom stereocenters. The first-order chi connectivity index (χ1) is 38.4. The van der Waals surface area contributed by atoms with E-state index in [0.717, 1.165) is 12.8 Å². The van der Waals surface area contributed by atoms with Crippen molar-refractivity contribution < 1.29 is 0 Å². The summed E-state index contributed by atoms with van der Waals surface area (Å²) >= 11 is 5.84. The van der Waals surface area contributed by atoms with Crippen LogP contribution in [0.5, 0.6) is 0 Å². The van der Waals surface area contributed by atoms with E-state index in [9.17, 15) is 0 Å². The molecule has 4 heteroatoms. The largest absolute Gasteiger partial charge is 0.331 e. The fourth-order valence-electron chi connectivity index (χ4n) is 15.8. The minimum Gasteiger partial charge on any atom is -0.331 e. The molecule has 2 aliphatic heterocycles. The van der Waals surface area contributed by atoms with Gasteiger partial charge in [-0.1, -0.05) is 206 Å². The molecular weight excluding hydrogens is 999 g/mol. The summed E-state index contributed by atoms with van der Waals surface area (Å²) in [6, 6.07) is 84.1. The van der Waals surface area contributed by atoms with Crippen molar-refractivity contribution in [2.24, 2.45) is 5.92 Å². The molecule has 1 aromatic heterocycles. The predicted octanol–water partition coefficient (Wildman–Crippen LogP) is 20.5. The third kappa shape index (κ3) is 6.01. The molecule has 0 bridgehead atoms. The Morgan fingerprint density at radius 1 is 0.500 bits per heavy atom. The van der Waals surface area contributed by atoms with Crippen LogP contribution in [0.25, 0.3) is 58.8 Å². The second-order valence-corrected chi connectivity index (χ2v) is 26.0. The van der Waals surface area contributed by atoms with E-state index in [0.29, 0.717) is 5.92 Å². The van der Waals surface area contributed by atoms with Gasteiger partial charge in [0.15, 0.2) is 0 Å². The standard InChI is InChI=1S/C74H53NS3/c1-45-18-15-26-54-53-24-7-10-29-58(53)74(71(45)54)60-31-12-14-34-65(60)77-67-40-41-72(2,44-62(67)74)75(63-32-17-35-68-70(63)55-38-36-47(42-69(55)78-68)50-25-16-20-46-19-3-4-21-49(46)50)48-37-39-66-61(43-48)73(59-30-11-13-33-64(59)76-66)56-27-8-5-22-51(56)52-23-6-9-28-57(52)73/h3-14,16-17,19-25,27-43,45H,15,18,26,44H2,1-2H3/t45?,72-,74?/m1/s1. The van der Waals surface area contributed by atoms with E-state index in [1.807, 2.05) is 34.9 Å². The third-order valence-electron chi connectivity index (χ3n) is 18.7. The van der Waals surface area contributed by atoms with E-state index in [4.69, 9.17) is 0 Å². The summed E-state index contributed by atoms with van der Waals surface area (Å²) in [5.74, 6) is 0.457. The molecule has 1 nitrogen and oxygen atoms in total. The van der Waals surface area contributed by atoms with Gasteiger partial charge in [0.1, 0.15) is 0 Å². The highest BCUT2D eigenvalue weighted by atomic mass is 32.2. The van der Waals surface area contributed by atoms with Gasteiger partial charge in [-0.2, -0.15) is 0 Å². The van der Waals surface area contributed by atoms with Crippen LogP contribution in [0.4, 0.5) is 11.4 Å². The lowest BCUT2D eigenvalue weighted by molar-refractivity contribution is 0.465. The van der Waals surface area contributed by atoms with E-state index in [2.05, 4.69) is 249 Å². The third-order valence-corrected chi connectivity index (χ3v) is 22.2. The van der Waals surface area contributed by atoms with Crippen molar-refractivity contribution in [1.29, 1.82) is 0 Å². The molecule has 0 fully saturated rings. The normalized spacial score (nSPS) is 20.8. The van der Waals surface area contributed by atoms with Crippen LogP contribution in [-0.4, -0.2) is 5.54 Å². The van der Waals surface area contributed by atoms with Crippen LogP contribution in [0.3, 0.4) is 0 Å². The maximum absolute atomic E-state index is 2.80. The van der Waals surface area contributed by atoms with Gasteiger partial charge >= 0.3 is 0 Å². The lowest BCUT2D eigenvalue weighted by atomic mass is 9.59. The second kappa shape index (κ2) is 16.7. The molecule has 10 aromatic carbocycles. The first-order valence-electron chi connectivity index (χ1n) is 27.8. The van der Waals surface area contributed by atoms with Crippen molar-refractivity contribution in [2.45, 2.75) is 70.6 Å². The summed E-state index contributed by atoms with van der Waals surface area (Å²) in [5, 5.41) is 5.17. The number of thiophene rings is 1. The lowest BCUT2D eigenvalue weighted by Crippen LogP contribution is -2.48. The summed E-state index contributed by atoms with van der Waals surface area (Å²) in [6.45, 7) is 5.08. The molecule has 0 saturated heterocycles. The Balaban J connectivity index is 0.925. The molecule has 11 aromatic rings. The quantitative estimate of drug-likeness (QED) is 0.173. The molecule has 0 saturated carbocycles. The van der Waals surface area contributed by atoms with Crippen molar-refractivity contribution in [3.8, 4) is 22.3 Å². The van der Waals surface area contributed by atoms with Gasteiger partial charge in [-0.3, -0.25) is 0 Å². The van der Waals surface area contributed by atoms with Crippen LogP contribution in [0.2, 0.25) is 0 Å². The Labute approximate surface area is 468 Å². The summed E-state index contributed by atoms with van der Waals surface area (Å²) in [5.41, 5.74) is 20.9. The van der Waals surface area contributed by atoms with Gasteiger partial charge < -0.3 is 4.90 Å². The van der Waals surface area contributed by atoms with Gasteiger partial charge in [0, 0.05) is 45.5 Å². The smallest absolute Gasteiger partial charge is 0.0736 e. The molecule has 0 N–H and O–H groups in total. The van der Waals surface area contributed by atoms with Crippen LogP contribution in [0.1, 0.15) is 78.5 Å². The first-order valence-corrected chi connectivity index (χ1v) is 30.3. The highest BCUT2D eigenvalue weighted by Crippen LogP contribution is 2.68. The van der Waals surface area contributed by atoms with E-state index in [-0.39, 0.29) is 5.41 Å². The zero-order valence-corrected chi connectivity index (χ0v) is 46.0. The molecule has 3 heterocycles. The fourth-order valence-corrected chi connectivity index (χ4v) is 19.3. The first kappa shape index (κ1) is 45.4. The Hall–Kier alpha value is -7.60. The summed E-state index contributed by atoms with van der Waals surface area (Å²) in [4.78, 5) is 8.22. The lowest BCUT2D eigenvalue weighted by Gasteiger charge is -2.51. The number of nitrogens with zero attached hydrogens (tertiary/aromatic N) is 1. The topological polar surface area (TPSA) is 3.24 Å². The minimum absolute atomic E-state index is 0.364. The zero-order valence-electron chi connectivity index (χ0n) is 43.5. The molecule has 2 spiro atoms. The number of thioether (sulfide) groups is 1. The number of fused-ring (bicyclic) bond motifs is 20. The van der Waals surface area contributed by atoms with Gasteiger partial charge in [-0.25, -0.2) is 0 Å². The highest BCUT2D eigenvalue weighted by Gasteiger charge is 2.57. The summed E-state index contributed by atoms with van der Waals surface area (Å²) in [6.07, 6.45) is 9.57. The molecule has 0 radical (unpaired) electrons. The number of hydrogen-bond acceptors (Lipinski definition) is 4. The van der Waals surface area contributed by atoms with Crippen molar-refractivity contribution in [1.82, 2.24) is 0 Å². The number of benzene rings is 10. The Morgan fingerprint density at radius 3 is 1.92 bits per heavy atom. The molecular formula is C74H53NS3. The maximum Gasteiger partial charge on any atom is 0.0736 e. The Bertz CT molecular complexity index is 4480. The van der Waals surface area contributed by atoms with Crippen LogP contribution in [0.15, 0.2) is 261 Å². The Morgan fingerprint density at radius 2 is 1.13 bits per heavy atom. The monoisotopic (exact) mass is 1050 g/mol. The highest BCUT2D eigenvalue weighted by molar-refractivity contribution is 8.03. The van der Waals surface area contributed by atoms with Crippen molar-refractivity contribution >= 4 is 82.8 Å². The molecule has 6 aliphatic rings. The van der Waals surface area contributed by atoms with E-state index < -0.39 is 11.0 Å². The van der Waals surface area contributed by atoms with Crippen molar-refractivity contribution in [3.05, 3.63) is 286 Å². The van der Waals surface area contributed by atoms with E-state index in [1.54, 1.807) is 16.7 Å². The van der Waals surface area contributed by atoms with Crippen molar-refractivity contribution in [3.63, 3.8) is 0 Å². The number of allylic oxidation sites excluding steroid dienone is 3. The van der Waals surface area contributed by atoms with Gasteiger partial charge in [0.25, 0.3) is 0 Å². The van der Waals surface area contributed by atoms with Gasteiger partial charge in [-0.05, 0) is 182 Å². The van der Waals surface area contributed by atoms with E-state index >= 15 is 0 Å². The van der Waals surface area contributed by atoms with E-state index in [1.165, 1.54) is 136 Å². The minimum atomic E-state index is -0.508. The molecule has 4 aliphatic carbocycles. The molecule has 17 rings (SSSR count). The number of anilines is 2. The fraction of sp³-hybridized carbons (Fsp3) is 0.135. The van der Waals surface area contributed by atoms with Gasteiger partial charge in [-0.15, -0.1) is 11.3 Å². The maximum atomic E-state index is 2.80. The molecule has 372 valence electrons. The molecule has 78 heavy (non-hydrogen) atoms. The number of hydrogen-bond donors (Lipinski definition) is 0. The second-order valence-electron chi connectivity index (χ2n) is 22.7. The van der Waals surface area contributed by atoms with Gasteiger partial charge in [0.2, 0.25) is 0 Å².